The second kappa shape index (κ2) is 11.8. The van der Waals surface area contributed by atoms with Crippen LogP contribution in [0.3, 0.4) is 0 Å². The zero-order valence-electron chi connectivity index (χ0n) is 21.6. The van der Waals surface area contributed by atoms with Gasteiger partial charge in [-0.05, 0) is 43.4 Å². The number of hydrogen-bond donors (Lipinski definition) is 2. The molecule has 3 heterocycles. The van der Waals surface area contributed by atoms with Gasteiger partial charge in [0.25, 0.3) is 0 Å². The first kappa shape index (κ1) is 26.0. The van der Waals surface area contributed by atoms with Crippen LogP contribution in [0.15, 0.2) is 36.7 Å². The molecular formula is C28H38F2N6O. The molecule has 1 aliphatic carbocycles. The van der Waals surface area contributed by atoms with Gasteiger partial charge in [0, 0.05) is 75.1 Å². The quantitative estimate of drug-likeness (QED) is 0.430. The SMILES string of the molecule is CCN1CCN(Cc2ccc(-c3cn(C4CCC(O)CC4)c4nc(NCCC(F)F)ncc34)cc2)CC1. The highest BCUT2D eigenvalue weighted by Gasteiger charge is 2.24. The minimum absolute atomic E-state index is 0.126. The van der Waals surface area contributed by atoms with Gasteiger partial charge in [-0.25, -0.2) is 13.8 Å². The zero-order valence-corrected chi connectivity index (χ0v) is 21.6. The summed E-state index contributed by atoms with van der Waals surface area (Å²) in [5, 5.41) is 13.9. The Morgan fingerprint density at radius 2 is 1.73 bits per heavy atom. The molecule has 37 heavy (non-hydrogen) atoms. The van der Waals surface area contributed by atoms with Gasteiger partial charge in [0.2, 0.25) is 12.4 Å². The fourth-order valence-electron chi connectivity index (χ4n) is 5.56. The van der Waals surface area contributed by atoms with Crippen LogP contribution in [0.25, 0.3) is 22.2 Å². The van der Waals surface area contributed by atoms with Gasteiger partial charge >= 0.3 is 0 Å². The van der Waals surface area contributed by atoms with Gasteiger partial charge in [-0.1, -0.05) is 31.2 Å². The number of nitrogens with zero attached hydrogens (tertiary/aromatic N) is 5. The van der Waals surface area contributed by atoms with Crippen molar-refractivity contribution in [2.24, 2.45) is 0 Å². The summed E-state index contributed by atoms with van der Waals surface area (Å²) >= 11 is 0. The van der Waals surface area contributed by atoms with Crippen molar-refractivity contribution >= 4 is 17.0 Å². The third-order valence-electron chi connectivity index (χ3n) is 7.86. The molecule has 0 atom stereocenters. The van der Waals surface area contributed by atoms with E-state index in [1.54, 1.807) is 6.20 Å². The van der Waals surface area contributed by atoms with Crippen LogP contribution in [0.2, 0.25) is 0 Å². The standard InChI is InChI=1S/C28H38F2N6O/c1-2-34-13-15-35(16-14-34)18-20-3-5-21(6-4-20)25-19-36(22-7-9-23(37)10-8-22)27-24(25)17-32-28(33-27)31-12-11-26(29)30/h3-6,17,19,22-23,26,37H,2,7-16,18H2,1H3,(H,31,32,33). The van der Waals surface area contributed by atoms with E-state index in [0.29, 0.717) is 5.95 Å². The highest BCUT2D eigenvalue weighted by molar-refractivity contribution is 5.94. The zero-order chi connectivity index (χ0) is 25.8. The van der Waals surface area contributed by atoms with Crippen molar-refractivity contribution in [3.05, 3.63) is 42.2 Å². The number of alkyl halides is 2. The molecule has 2 aromatic heterocycles. The van der Waals surface area contributed by atoms with Crippen molar-refractivity contribution in [1.29, 1.82) is 0 Å². The summed E-state index contributed by atoms with van der Waals surface area (Å²) in [6.45, 7) is 8.89. The maximum atomic E-state index is 12.6. The number of nitrogens with one attached hydrogen (secondary N) is 1. The van der Waals surface area contributed by atoms with Crippen LogP contribution < -0.4 is 5.32 Å². The second-order valence-corrected chi connectivity index (χ2v) is 10.4. The topological polar surface area (TPSA) is 69.5 Å². The third kappa shape index (κ3) is 6.27. The van der Waals surface area contributed by atoms with E-state index < -0.39 is 6.43 Å². The number of halogens is 2. The molecule has 200 valence electrons. The Hall–Kier alpha value is -2.62. The van der Waals surface area contributed by atoms with Crippen LogP contribution in [0.4, 0.5) is 14.7 Å². The Morgan fingerprint density at radius 3 is 2.41 bits per heavy atom. The molecule has 0 spiro atoms. The Bertz CT molecular complexity index is 1150. The van der Waals surface area contributed by atoms with Gasteiger partial charge in [-0.3, -0.25) is 4.90 Å². The summed E-state index contributed by atoms with van der Waals surface area (Å²) in [7, 11) is 0. The number of benzene rings is 1. The van der Waals surface area contributed by atoms with E-state index in [0.717, 1.165) is 87.1 Å². The Labute approximate surface area is 217 Å². The number of rotatable bonds is 9. The van der Waals surface area contributed by atoms with Crippen molar-refractivity contribution in [3.8, 4) is 11.1 Å². The van der Waals surface area contributed by atoms with Crippen molar-refractivity contribution in [2.45, 2.75) is 64.1 Å². The molecule has 1 aliphatic heterocycles. The highest BCUT2D eigenvalue weighted by Crippen LogP contribution is 2.36. The number of likely N-dealkylation sites (N-methyl/N-ethyl adjacent to an activating group) is 1. The maximum Gasteiger partial charge on any atom is 0.240 e. The minimum Gasteiger partial charge on any atom is -0.393 e. The highest BCUT2D eigenvalue weighted by atomic mass is 19.3. The van der Waals surface area contributed by atoms with Crippen LogP contribution in [0.1, 0.15) is 50.6 Å². The first-order valence-electron chi connectivity index (χ1n) is 13.6. The normalized spacial score (nSPS) is 21.6. The maximum absolute atomic E-state index is 12.6. The lowest BCUT2D eigenvalue weighted by atomic mass is 9.93. The lowest BCUT2D eigenvalue weighted by Crippen LogP contribution is -2.45. The fourth-order valence-corrected chi connectivity index (χ4v) is 5.56. The van der Waals surface area contributed by atoms with E-state index in [4.69, 9.17) is 4.98 Å². The lowest BCUT2D eigenvalue weighted by Gasteiger charge is -2.34. The van der Waals surface area contributed by atoms with E-state index in [2.05, 4.69) is 62.1 Å². The monoisotopic (exact) mass is 512 g/mol. The van der Waals surface area contributed by atoms with Gasteiger partial charge in [-0.15, -0.1) is 0 Å². The third-order valence-corrected chi connectivity index (χ3v) is 7.86. The van der Waals surface area contributed by atoms with E-state index in [1.165, 1.54) is 5.56 Å². The van der Waals surface area contributed by atoms with Crippen molar-refractivity contribution in [2.75, 3.05) is 44.6 Å². The number of anilines is 1. The molecule has 5 rings (SSSR count). The molecule has 3 aromatic rings. The summed E-state index contributed by atoms with van der Waals surface area (Å²) in [4.78, 5) is 14.2. The molecule has 2 N–H and O–H groups in total. The van der Waals surface area contributed by atoms with Gasteiger partial charge in [0.05, 0.1) is 6.10 Å². The average Bonchev–Trinajstić information content (AvgIpc) is 3.29. The van der Waals surface area contributed by atoms with Crippen LogP contribution in [0, 0.1) is 0 Å². The lowest BCUT2D eigenvalue weighted by molar-refractivity contribution is 0.111. The molecule has 0 bridgehead atoms. The summed E-state index contributed by atoms with van der Waals surface area (Å²) in [6.07, 6.45) is 4.42. The Kier molecular flexibility index (Phi) is 8.32. The van der Waals surface area contributed by atoms with Crippen molar-refractivity contribution in [1.82, 2.24) is 24.3 Å². The van der Waals surface area contributed by atoms with Crippen LogP contribution in [-0.4, -0.2) is 81.2 Å². The molecule has 0 amide bonds. The summed E-state index contributed by atoms with van der Waals surface area (Å²) in [5.41, 5.74) is 4.30. The molecule has 7 nitrogen and oxygen atoms in total. The smallest absolute Gasteiger partial charge is 0.240 e. The largest absolute Gasteiger partial charge is 0.393 e. The number of piperazine rings is 1. The Balaban J connectivity index is 1.38. The van der Waals surface area contributed by atoms with Gasteiger partial charge in [0.15, 0.2) is 0 Å². The summed E-state index contributed by atoms with van der Waals surface area (Å²) in [6, 6.07) is 9.02. The molecule has 2 aliphatic rings. The fraction of sp³-hybridized carbons (Fsp3) is 0.571. The van der Waals surface area contributed by atoms with E-state index in [-0.39, 0.29) is 25.1 Å². The molecule has 2 fully saturated rings. The van der Waals surface area contributed by atoms with E-state index in [9.17, 15) is 13.9 Å². The van der Waals surface area contributed by atoms with Crippen LogP contribution >= 0.6 is 0 Å². The van der Waals surface area contributed by atoms with Gasteiger partial charge < -0.3 is 19.9 Å². The van der Waals surface area contributed by atoms with E-state index >= 15 is 0 Å². The number of aromatic nitrogens is 3. The Morgan fingerprint density at radius 1 is 1.03 bits per heavy atom. The molecule has 1 aromatic carbocycles. The molecular weight excluding hydrogens is 474 g/mol. The molecule has 0 radical (unpaired) electrons. The molecule has 1 saturated carbocycles. The molecule has 0 unspecified atom stereocenters. The minimum atomic E-state index is -2.36. The van der Waals surface area contributed by atoms with Gasteiger partial charge in [-0.2, -0.15) is 4.98 Å². The number of aliphatic hydroxyl groups is 1. The number of fused-ring (bicyclic) bond motifs is 1. The van der Waals surface area contributed by atoms with Crippen LogP contribution in [-0.2, 0) is 6.54 Å². The summed E-state index contributed by atoms with van der Waals surface area (Å²) in [5.74, 6) is 0.369. The van der Waals surface area contributed by atoms with Gasteiger partial charge in [0.1, 0.15) is 5.65 Å². The van der Waals surface area contributed by atoms with Crippen molar-refractivity contribution in [3.63, 3.8) is 0 Å². The average molecular weight is 513 g/mol. The predicted molar refractivity (Wildman–Crippen MR) is 143 cm³/mol. The van der Waals surface area contributed by atoms with Crippen LogP contribution in [0.5, 0.6) is 0 Å². The predicted octanol–water partition coefficient (Wildman–Crippen LogP) is 4.78. The molecule has 1 saturated heterocycles. The van der Waals surface area contributed by atoms with Crippen molar-refractivity contribution < 1.29 is 13.9 Å². The second-order valence-electron chi connectivity index (χ2n) is 10.4. The summed E-state index contributed by atoms with van der Waals surface area (Å²) < 4.78 is 27.4. The van der Waals surface area contributed by atoms with E-state index in [1.807, 2.05) is 0 Å². The number of aliphatic hydroxyl groups excluding tert-OH is 1. The first-order chi connectivity index (χ1) is 18.0. The first-order valence-corrected chi connectivity index (χ1v) is 13.6. The number of hydrogen-bond acceptors (Lipinski definition) is 6. The molecule has 9 heteroatoms.